The second kappa shape index (κ2) is 8.20. The number of thiazole rings is 1. The van der Waals surface area contributed by atoms with Crippen LogP contribution in [0.25, 0.3) is 6.08 Å². The molecule has 0 spiro atoms. The number of nitrogens with one attached hydrogen (secondary N) is 1. The molecular weight excluding hydrogens is 379 g/mol. The van der Waals surface area contributed by atoms with Gasteiger partial charge in [-0.2, -0.15) is 0 Å². The SMILES string of the molecule is O=C(/C=C/c1ccncn1)Nc1ncc(Cc2cccc(Cl)c2Cl)s1. The molecule has 25 heavy (non-hydrogen) atoms. The summed E-state index contributed by atoms with van der Waals surface area (Å²) in [6.45, 7) is 0. The molecule has 1 N–H and O–H groups in total. The van der Waals surface area contributed by atoms with Gasteiger partial charge in [0.1, 0.15) is 6.33 Å². The van der Waals surface area contributed by atoms with Gasteiger partial charge in [0.05, 0.1) is 15.7 Å². The smallest absolute Gasteiger partial charge is 0.250 e. The van der Waals surface area contributed by atoms with Crippen LogP contribution in [0.2, 0.25) is 10.0 Å². The van der Waals surface area contributed by atoms with E-state index in [0.29, 0.717) is 27.3 Å². The molecule has 0 fully saturated rings. The zero-order valence-electron chi connectivity index (χ0n) is 12.8. The Labute approximate surface area is 158 Å². The molecule has 8 heteroatoms. The maximum atomic E-state index is 11.9. The monoisotopic (exact) mass is 390 g/mol. The number of aromatic nitrogens is 3. The van der Waals surface area contributed by atoms with E-state index >= 15 is 0 Å². The molecule has 0 bridgehead atoms. The number of rotatable bonds is 5. The van der Waals surface area contributed by atoms with Crippen molar-refractivity contribution in [1.29, 1.82) is 0 Å². The zero-order chi connectivity index (χ0) is 17.6. The van der Waals surface area contributed by atoms with E-state index in [1.807, 2.05) is 12.1 Å². The predicted octanol–water partition coefficient (Wildman–Crippen LogP) is 4.48. The number of hydrogen-bond donors (Lipinski definition) is 1. The Balaban J connectivity index is 1.62. The number of carbonyl (C=O) groups excluding carboxylic acids is 1. The first-order valence-corrected chi connectivity index (χ1v) is 8.82. The van der Waals surface area contributed by atoms with Gasteiger partial charge in [0, 0.05) is 29.8 Å². The molecule has 0 aliphatic carbocycles. The molecular formula is C17H12Cl2N4OS. The minimum absolute atomic E-state index is 0.277. The molecule has 3 rings (SSSR count). The van der Waals surface area contributed by atoms with E-state index in [2.05, 4.69) is 20.3 Å². The lowest BCUT2D eigenvalue weighted by Gasteiger charge is -2.03. The van der Waals surface area contributed by atoms with Gasteiger partial charge < -0.3 is 0 Å². The molecule has 2 heterocycles. The van der Waals surface area contributed by atoms with Crippen LogP contribution < -0.4 is 5.32 Å². The number of anilines is 1. The van der Waals surface area contributed by atoms with Crippen LogP contribution in [-0.4, -0.2) is 20.9 Å². The molecule has 3 aromatic rings. The molecule has 0 atom stereocenters. The average Bonchev–Trinajstić information content (AvgIpc) is 3.05. The molecule has 0 aliphatic rings. The fourth-order valence-electron chi connectivity index (χ4n) is 2.03. The maximum Gasteiger partial charge on any atom is 0.250 e. The summed E-state index contributed by atoms with van der Waals surface area (Å²) in [6.07, 6.45) is 8.36. The van der Waals surface area contributed by atoms with Crippen molar-refractivity contribution in [1.82, 2.24) is 15.0 Å². The third-order valence-corrected chi connectivity index (χ3v) is 4.96. The van der Waals surface area contributed by atoms with Gasteiger partial charge in [-0.25, -0.2) is 15.0 Å². The zero-order valence-corrected chi connectivity index (χ0v) is 15.1. The third-order valence-electron chi connectivity index (χ3n) is 3.19. The highest BCUT2D eigenvalue weighted by Crippen LogP contribution is 2.29. The van der Waals surface area contributed by atoms with Crippen LogP contribution in [0.15, 0.2) is 49.1 Å². The molecule has 126 valence electrons. The summed E-state index contributed by atoms with van der Waals surface area (Å²) in [7, 11) is 0. The molecule has 5 nitrogen and oxygen atoms in total. The third kappa shape index (κ3) is 4.85. The summed E-state index contributed by atoms with van der Waals surface area (Å²) in [5.74, 6) is -0.277. The van der Waals surface area contributed by atoms with Crippen LogP contribution in [0.3, 0.4) is 0 Å². The van der Waals surface area contributed by atoms with E-state index in [-0.39, 0.29) is 5.91 Å². The van der Waals surface area contributed by atoms with Gasteiger partial charge in [0.25, 0.3) is 0 Å². The lowest BCUT2D eigenvalue weighted by Crippen LogP contribution is -2.07. The standard InChI is InChI=1S/C17H12Cl2N4OS/c18-14-3-1-2-11(16(14)19)8-13-9-21-17(25-13)23-15(24)5-4-12-6-7-20-10-22-12/h1-7,9-10H,8H2,(H,21,23,24)/b5-4+. The van der Waals surface area contributed by atoms with Crippen molar-refractivity contribution in [2.45, 2.75) is 6.42 Å². The molecule has 1 amide bonds. The number of benzene rings is 1. The van der Waals surface area contributed by atoms with Gasteiger partial charge >= 0.3 is 0 Å². The van der Waals surface area contributed by atoms with Gasteiger partial charge in [-0.15, -0.1) is 11.3 Å². The van der Waals surface area contributed by atoms with Crippen LogP contribution >= 0.6 is 34.5 Å². The number of carbonyl (C=O) groups is 1. The Morgan fingerprint density at radius 1 is 1.24 bits per heavy atom. The normalized spacial score (nSPS) is 11.0. The first-order valence-electron chi connectivity index (χ1n) is 7.24. The van der Waals surface area contributed by atoms with E-state index in [0.717, 1.165) is 10.4 Å². The Morgan fingerprint density at radius 2 is 2.12 bits per heavy atom. The quantitative estimate of drug-likeness (QED) is 0.651. The Hall–Kier alpha value is -2.28. The highest BCUT2D eigenvalue weighted by molar-refractivity contribution is 7.15. The largest absolute Gasteiger partial charge is 0.298 e. The summed E-state index contributed by atoms with van der Waals surface area (Å²) < 4.78 is 0. The van der Waals surface area contributed by atoms with E-state index < -0.39 is 0 Å². The summed E-state index contributed by atoms with van der Waals surface area (Å²) >= 11 is 13.6. The number of halogens is 2. The maximum absolute atomic E-state index is 11.9. The summed E-state index contributed by atoms with van der Waals surface area (Å²) in [4.78, 5) is 24.9. The molecule has 2 aromatic heterocycles. The Bertz CT molecular complexity index is 912. The fourth-order valence-corrected chi connectivity index (χ4v) is 3.25. The minimum atomic E-state index is -0.277. The topological polar surface area (TPSA) is 67.8 Å². The van der Waals surface area contributed by atoms with Crippen LogP contribution in [0, 0.1) is 0 Å². The van der Waals surface area contributed by atoms with E-state index in [1.165, 1.54) is 23.7 Å². The molecule has 0 aliphatic heterocycles. The first-order chi connectivity index (χ1) is 12.1. The van der Waals surface area contributed by atoms with Gasteiger partial charge in [0.15, 0.2) is 5.13 Å². The van der Waals surface area contributed by atoms with Crippen LogP contribution in [0.5, 0.6) is 0 Å². The summed E-state index contributed by atoms with van der Waals surface area (Å²) in [5, 5.41) is 4.30. The van der Waals surface area contributed by atoms with Crippen molar-refractivity contribution in [2.24, 2.45) is 0 Å². The predicted molar refractivity (Wildman–Crippen MR) is 101 cm³/mol. The number of nitrogens with zero attached hydrogens (tertiary/aromatic N) is 3. The van der Waals surface area contributed by atoms with E-state index in [9.17, 15) is 4.79 Å². The van der Waals surface area contributed by atoms with Gasteiger partial charge in [-0.3, -0.25) is 10.1 Å². The van der Waals surface area contributed by atoms with Gasteiger partial charge in [-0.1, -0.05) is 35.3 Å². The Kier molecular flexibility index (Phi) is 5.75. The second-order valence-electron chi connectivity index (χ2n) is 4.98. The van der Waals surface area contributed by atoms with Gasteiger partial charge in [-0.05, 0) is 23.8 Å². The van der Waals surface area contributed by atoms with Crippen LogP contribution in [0.4, 0.5) is 5.13 Å². The van der Waals surface area contributed by atoms with Crippen molar-refractivity contribution < 1.29 is 4.79 Å². The molecule has 0 radical (unpaired) electrons. The van der Waals surface area contributed by atoms with Crippen LogP contribution in [-0.2, 0) is 11.2 Å². The summed E-state index contributed by atoms with van der Waals surface area (Å²) in [5.41, 5.74) is 1.57. The number of hydrogen-bond acceptors (Lipinski definition) is 5. The van der Waals surface area contributed by atoms with Gasteiger partial charge in [0.2, 0.25) is 5.91 Å². The fraction of sp³-hybridized carbons (Fsp3) is 0.0588. The highest BCUT2D eigenvalue weighted by atomic mass is 35.5. The van der Waals surface area contributed by atoms with Crippen LogP contribution in [0.1, 0.15) is 16.1 Å². The molecule has 0 saturated heterocycles. The first kappa shape index (κ1) is 17.5. The van der Waals surface area contributed by atoms with Crippen molar-refractivity contribution in [2.75, 3.05) is 5.32 Å². The van der Waals surface area contributed by atoms with Crippen molar-refractivity contribution in [3.05, 3.63) is 75.2 Å². The number of amides is 1. The molecule has 1 aromatic carbocycles. The molecule has 0 saturated carbocycles. The van der Waals surface area contributed by atoms with E-state index in [4.69, 9.17) is 23.2 Å². The Morgan fingerprint density at radius 3 is 2.92 bits per heavy atom. The van der Waals surface area contributed by atoms with Crippen molar-refractivity contribution in [3.8, 4) is 0 Å². The van der Waals surface area contributed by atoms with Crippen molar-refractivity contribution >= 4 is 51.7 Å². The molecule has 0 unspecified atom stereocenters. The minimum Gasteiger partial charge on any atom is -0.298 e. The lowest BCUT2D eigenvalue weighted by atomic mass is 10.1. The highest BCUT2D eigenvalue weighted by Gasteiger charge is 2.09. The lowest BCUT2D eigenvalue weighted by molar-refractivity contribution is -0.111. The average molecular weight is 391 g/mol. The summed E-state index contributed by atoms with van der Waals surface area (Å²) in [6, 6.07) is 7.22. The second-order valence-corrected chi connectivity index (χ2v) is 6.88. The van der Waals surface area contributed by atoms with E-state index in [1.54, 1.807) is 30.6 Å². The van der Waals surface area contributed by atoms with Crippen molar-refractivity contribution in [3.63, 3.8) is 0 Å².